The Labute approximate surface area is 300 Å². The minimum atomic E-state index is -3.72. The highest BCUT2D eigenvalue weighted by Crippen LogP contribution is 2.30. The van der Waals surface area contributed by atoms with E-state index in [9.17, 15) is 18.0 Å². The van der Waals surface area contributed by atoms with Crippen molar-refractivity contribution in [3.63, 3.8) is 0 Å². The van der Waals surface area contributed by atoms with Gasteiger partial charge in [-0.05, 0) is 53.6 Å². The first-order valence-corrected chi connectivity index (χ1v) is 19.8. The second kappa shape index (κ2) is 18.3. The van der Waals surface area contributed by atoms with Gasteiger partial charge >= 0.3 is 0 Å². The summed E-state index contributed by atoms with van der Waals surface area (Å²) < 4.78 is 36.0. The molecular weight excluding hydrogens is 671 g/mol. The van der Waals surface area contributed by atoms with Crippen LogP contribution in [0.3, 0.4) is 0 Å². The van der Waals surface area contributed by atoms with E-state index < -0.39 is 33.3 Å². The third kappa shape index (κ3) is 11.8. The number of methoxy groups -OCH3 is 1. The zero-order valence-electron chi connectivity index (χ0n) is 29.7. The van der Waals surface area contributed by atoms with Crippen molar-refractivity contribution in [2.75, 3.05) is 31.8 Å². The van der Waals surface area contributed by atoms with E-state index in [0.717, 1.165) is 45.9 Å². The molecular formula is C39H49N3O6S2. The van der Waals surface area contributed by atoms with Gasteiger partial charge in [0, 0.05) is 35.5 Å². The normalized spacial score (nSPS) is 12.4. The molecule has 0 aliphatic carbocycles. The molecule has 1 atom stereocenters. The van der Waals surface area contributed by atoms with Crippen molar-refractivity contribution in [2.45, 2.75) is 77.7 Å². The van der Waals surface area contributed by atoms with E-state index in [-0.39, 0.29) is 24.2 Å². The largest absolute Gasteiger partial charge is 0.494 e. The van der Waals surface area contributed by atoms with Gasteiger partial charge < -0.3 is 14.8 Å². The predicted molar refractivity (Wildman–Crippen MR) is 201 cm³/mol. The third-order valence-electron chi connectivity index (χ3n) is 8.23. The lowest BCUT2D eigenvalue weighted by Gasteiger charge is -2.18. The molecule has 0 aliphatic heterocycles. The summed E-state index contributed by atoms with van der Waals surface area (Å²) in [7, 11) is -2.31. The Balaban J connectivity index is 1.42. The molecule has 2 heterocycles. The van der Waals surface area contributed by atoms with Crippen molar-refractivity contribution >= 4 is 32.9 Å². The standard InChI is InChI=1S/C39H49N3O6S2/c1-6-7-8-9-10-21-48-32-17-15-29(16-18-32)31-25-40-37(41-26-31)30-13-11-28(12-14-30)24-33(34(43)27-50(45,46)23-22-47-5)42-38(44)35-19-20-36(49-35)39(2,3)4/h11-20,25-26,33H,6-10,21-24,27H2,1-5H3,(H,42,44)/t33-/m0/s1. The Morgan fingerprint density at radius 1 is 0.840 bits per heavy atom. The van der Waals surface area contributed by atoms with Gasteiger partial charge in [0.25, 0.3) is 5.91 Å². The van der Waals surface area contributed by atoms with Gasteiger partial charge in [0.15, 0.2) is 21.4 Å². The predicted octanol–water partition coefficient (Wildman–Crippen LogP) is 7.49. The van der Waals surface area contributed by atoms with Gasteiger partial charge in [-0.2, -0.15) is 0 Å². The number of aromatic nitrogens is 2. The van der Waals surface area contributed by atoms with Gasteiger partial charge in [-0.1, -0.05) is 89.8 Å². The highest BCUT2D eigenvalue weighted by Gasteiger charge is 2.28. The van der Waals surface area contributed by atoms with Crippen LogP contribution in [0.1, 0.15) is 79.9 Å². The van der Waals surface area contributed by atoms with E-state index >= 15 is 0 Å². The average molecular weight is 720 g/mol. The first-order valence-electron chi connectivity index (χ1n) is 17.2. The van der Waals surface area contributed by atoms with Crippen molar-refractivity contribution < 1.29 is 27.5 Å². The van der Waals surface area contributed by atoms with E-state index in [2.05, 4.69) is 43.0 Å². The summed E-state index contributed by atoms with van der Waals surface area (Å²) >= 11 is 1.36. The molecule has 4 rings (SSSR count). The van der Waals surface area contributed by atoms with Crippen LogP contribution in [0.4, 0.5) is 0 Å². The summed E-state index contributed by atoms with van der Waals surface area (Å²) in [5.41, 5.74) is 3.28. The molecule has 0 saturated heterocycles. The van der Waals surface area contributed by atoms with Crippen molar-refractivity contribution in [2.24, 2.45) is 0 Å². The quantitative estimate of drug-likeness (QED) is 0.0989. The number of unbranched alkanes of at least 4 members (excludes halogenated alkanes) is 4. The first kappa shape index (κ1) is 38.9. The molecule has 0 fully saturated rings. The Morgan fingerprint density at radius 3 is 2.12 bits per heavy atom. The fraction of sp³-hybridized carbons (Fsp3) is 0.436. The molecule has 0 unspecified atom stereocenters. The number of carbonyl (C=O) groups is 2. The first-order chi connectivity index (χ1) is 23.9. The maximum atomic E-state index is 13.3. The lowest BCUT2D eigenvalue weighted by Crippen LogP contribution is -2.45. The summed E-state index contributed by atoms with van der Waals surface area (Å²) in [6.45, 7) is 9.10. The van der Waals surface area contributed by atoms with Crippen LogP contribution in [0.15, 0.2) is 73.1 Å². The average Bonchev–Trinajstić information content (AvgIpc) is 3.61. The topological polar surface area (TPSA) is 125 Å². The maximum Gasteiger partial charge on any atom is 0.261 e. The second-order valence-electron chi connectivity index (χ2n) is 13.5. The second-order valence-corrected chi connectivity index (χ2v) is 16.7. The summed E-state index contributed by atoms with van der Waals surface area (Å²) in [6, 6.07) is 17.9. The van der Waals surface area contributed by atoms with E-state index in [1.165, 1.54) is 44.1 Å². The molecule has 1 amide bonds. The number of ether oxygens (including phenoxy) is 2. The number of sulfone groups is 1. The number of thiophene rings is 1. The Kier molecular flexibility index (Phi) is 14.3. The molecule has 268 valence electrons. The zero-order chi connectivity index (χ0) is 36.1. The molecule has 0 saturated carbocycles. The zero-order valence-corrected chi connectivity index (χ0v) is 31.4. The van der Waals surface area contributed by atoms with Crippen LogP contribution >= 0.6 is 11.3 Å². The fourth-order valence-corrected chi connectivity index (χ4v) is 7.40. The van der Waals surface area contributed by atoms with Crippen LogP contribution in [0.2, 0.25) is 0 Å². The number of Topliss-reactive ketones (excluding diaryl/α,β-unsaturated/α-hetero) is 1. The van der Waals surface area contributed by atoms with Crippen LogP contribution in [0.25, 0.3) is 22.5 Å². The number of benzene rings is 2. The molecule has 0 bridgehead atoms. The van der Waals surface area contributed by atoms with E-state index in [4.69, 9.17) is 9.47 Å². The molecule has 0 spiro atoms. The van der Waals surface area contributed by atoms with E-state index in [1.807, 2.05) is 54.6 Å². The third-order valence-corrected chi connectivity index (χ3v) is 11.3. The molecule has 9 nitrogen and oxygen atoms in total. The monoisotopic (exact) mass is 719 g/mol. The summed E-state index contributed by atoms with van der Waals surface area (Å²) in [5, 5.41) is 2.81. The van der Waals surface area contributed by atoms with Crippen molar-refractivity contribution in [3.8, 4) is 28.3 Å². The van der Waals surface area contributed by atoms with Crippen LogP contribution in [0.5, 0.6) is 5.75 Å². The van der Waals surface area contributed by atoms with E-state index in [1.54, 1.807) is 18.5 Å². The molecule has 1 N–H and O–H groups in total. The van der Waals surface area contributed by atoms with Crippen molar-refractivity contribution in [1.82, 2.24) is 15.3 Å². The van der Waals surface area contributed by atoms with Crippen molar-refractivity contribution in [1.29, 1.82) is 0 Å². The van der Waals surface area contributed by atoms with Gasteiger partial charge in [0.05, 0.1) is 29.9 Å². The summed E-state index contributed by atoms with van der Waals surface area (Å²) in [6.07, 6.45) is 9.68. The number of ketones is 1. The lowest BCUT2D eigenvalue weighted by atomic mass is 9.95. The van der Waals surface area contributed by atoms with Crippen LogP contribution in [0, 0.1) is 0 Å². The maximum absolute atomic E-state index is 13.3. The molecule has 0 aliphatic rings. The number of nitrogens with one attached hydrogen (secondary N) is 1. The van der Waals surface area contributed by atoms with Crippen molar-refractivity contribution in [3.05, 3.63) is 88.4 Å². The van der Waals surface area contributed by atoms with Gasteiger partial charge in [-0.15, -0.1) is 11.3 Å². The molecule has 2 aromatic carbocycles. The molecule has 0 radical (unpaired) electrons. The van der Waals surface area contributed by atoms with Gasteiger partial charge in [-0.3, -0.25) is 9.59 Å². The SMILES string of the molecule is CCCCCCCOc1ccc(-c2cnc(-c3ccc(C[C@H](NC(=O)c4ccc(C(C)(C)C)s4)C(=O)CS(=O)(=O)CCOC)cc3)nc2)cc1. The summed E-state index contributed by atoms with van der Waals surface area (Å²) in [4.78, 5) is 37.2. The molecule has 2 aromatic heterocycles. The van der Waals surface area contributed by atoms with Crippen LogP contribution < -0.4 is 10.1 Å². The minimum Gasteiger partial charge on any atom is -0.494 e. The van der Waals surface area contributed by atoms with Gasteiger partial charge in [0.2, 0.25) is 0 Å². The molecule has 11 heteroatoms. The number of amides is 1. The Bertz CT molecular complexity index is 1780. The minimum absolute atomic E-state index is 0.0114. The number of hydrogen-bond acceptors (Lipinski definition) is 9. The van der Waals surface area contributed by atoms with E-state index in [0.29, 0.717) is 10.7 Å². The number of nitrogens with zero attached hydrogens (tertiary/aromatic N) is 2. The van der Waals surface area contributed by atoms with Crippen LogP contribution in [-0.4, -0.2) is 67.9 Å². The number of carbonyl (C=O) groups excluding carboxylic acids is 2. The highest BCUT2D eigenvalue weighted by molar-refractivity contribution is 7.92. The Morgan fingerprint density at radius 2 is 1.50 bits per heavy atom. The number of rotatable bonds is 19. The highest BCUT2D eigenvalue weighted by atomic mass is 32.2. The smallest absolute Gasteiger partial charge is 0.261 e. The summed E-state index contributed by atoms with van der Waals surface area (Å²) in [5.74, 6) is -0.565. The fourth-order valence-electron chi connectivity index (χ4n) is 5.23. The van der Waals surface area contributed by atoms with Gasteiger partial charge in [0.1, 0.15) is 11.5 Å². The van der Waals surface area contributed by atoms with Gasteiger partial charge in [-0.25, -0.2) is 18.4 Å². The van der Waals surface area contributed by atoms with Crippen LogP contribution in [-0.2, 0) is 31.2 Å². The molecule has 50 heavy (non-hydrogen) atoms. The Hall–Kier alpha value is -3.93. The lowest BCUT2D eigenvalue weighted by molar-refractivity contribution is -0.118. The number of hydrogen-bond donors (Lipinski definition) is 1. The molecule has 4 aromatic rings.